The van der Waals surface area contributed by atoms with Crippen molar-refractivity contribution < 1.29 is 45.0 Å². The van der Waals surface area contributed by atoms with E-state index in [2.05, 4.69) is 55.7 Å². The van der Waals surface area contributed by atoms with Crippen LogP contribution < -0.4 is 10.5 Å². The smallest absolute Gasteiger partial charge is 0.425 e. The second-order valence-corrected chi connectivity index (χ2v) is 9.85. The first-order valence-corrected chi connectivity index (χ1v) is 13.5. The second kappa shape index (κ2) is 16.5. The Morgan fingerprint density at radius 3 is 1.94 bits per heavy atom. The lowest BCUT2D eigenvalue weighted by Gasteiger charge is -2.13. The fourth-order valence-corrected chi connectivity index (χ4v) is 2.68. The summed E-state index contributed by atoms with van der Waals surface area (Å²) in [7, 11) is -3.74. The Morgan fingerprint density at radius 1 is 1.17 bits per heavy atom. The van der Waals surface area contributed by atoms with Gasteiger partial charge in [-0.15, -0.1) is 0 Å². The van der Waals surface area contributed by atoms with E-state index in [1.54, 1.807) is 0 Å². The molecule has 1 fully saturated rings. The molecule has 2 aromatic rings. The van der Waals surface area contributed by atoms with Gasteiger partial charge in [0.25, 0.3) is 6.08 Å². The topological polar surface area (TPSA) is 237 Å². The van der Waals surface area contributed by atoms with E-state index in [1.807, 2.05) is 4.72 Å². The molecular weight excluding hydrogens is 626 g/mol. The number of nitrogens with two attached hydrogens (primary N) is 1. The molecular formula is C14H16BrClF2N8O8S2. The van der Waals surface area contributed by atoms with Crippen LogP contribution in [0.15, 0.2) is 29.2 Å². The molecule has 0 saturated carbocycles. The summed E-state index contributed by atoms with van der Waals surface area (Å²) in [5.41, 5.74) is 5.04. The maximum absolute atomic E-state index is 12.5. The van der Waals surface area contributed by atoms with Crippen molar-refractivity contribution in [2.75, 3.05) is 35.5 Å². The van der Waals surface area contributed by atoms with Crippen molar-refractivity contribution in [2.45, 2.75) is 0 Å². The molecule has 2 aromatic heterocycles. The third-order valence-corrected chi connectivity index (χ3v) is 4.93. The van der Waals surface area contributed by atoms with Gasteiger partial charge in [-0.25, -0.2) is 43.0 Å². The molecule has 3 heterocycles. The molecule has 0 atom stereocenters. The molecule has 0 aliphatic carbocycles. The average Bonchev–Trinajstić information content (AvgIpc) is 3.24. The van der Waals surface area contributed by atoms with Crippen molar-refractivity contribution in [2.24, 2.45) is 4.40 Å². The molecule has 1 amide bonds. The number of halogens is 4. The van der Waals surface area contributed by atoms with Crippen molar-refractivity contribution in [3.8, 4) is 0 Å². The number of hydrogen-bond acceptors (Lipinski definition) is 13. The van der Waals surface area contributed by atoms with Gasteiger partial charge in [0.15, 0.2) is 11.6 Å². The summed E-state index contributed by atoms with van der Waals surface area (Å²) in [6.45, 7) is 0.138. The minimum Gasteiger partial charge on any atom is -0.447 e. The number of cyclic esters (lactones) is 1. The molecule has 4 N–H and O–H groups in total. The number of isocyanates is 1. The van der Waals surface area contributed by atoms with E-state index >= 15 is 0 Å². The molecule has 1 aliphatic rings. The van der Waals surface area contributed by atoms with E-state index in [0.717, 1.165) is 30.9 Å². The van der Waals surface area contributed by atoms with E-state index in [1.165, 1.54) is 0 Å². The monoisotopic (exact) mass is 640 g/mol. The number of nitrogen functional groups attached to an aromatic ring is 1. The number of aromatic nitrogens is 4. The zero-order valence-electron chi connectivity index (χ0n) is 17.5. The molecule has 0 aromatic carbocycles. The van der Waals surface area contributed by atoms with Crippen LogP contribution in [-0.2, 0) is 29.0 Å². The lowest BCUT2D eigenvalue weighted by molar-refractivity contribution is 0.170. The Labute approximate surface area is 215 Å². The largest absolute Gasteiger partial charge is 0.447 e. The predicted octanol–water partition coefficient (Wildman–Crippen LogP) is 0.102. The van der Waals surface area contributed by atoms with Gasteiger partial charge in [0.05, 0.1) is 37.9 Å². The van der Waals surface area contributed by atoms with Crippen LogP contribution in [0.2, 0.25) is 0 Å². The van der Waals surface area contributed by atoms with Gasteiger partial charge >= 0.3 is 25.5 Å². The van der Waals surface area contributed by atoms with Gasteiger partial charge in [0.1, 0.15) is 6.61 Å². The van der Waals surface area contributed by atoms with Crippen molar-refractivity contribution in [1.82, 2.24) is 24.2 Å². The van der Waals surface area contributed by atoms with Gasteiger partial charge < -0.3 is 15.6 Å². The Morgan fingerprint density at radius 2 is 1.64 bits per heavy atom. The molecule has 0 spiro atoms. The SMILES string of the molecule is Nc1ncc(F)cn1.O=C1OCCN1S(=O)(=O)Nc1ncc(F)cn1.O=C=NS(=O)(=O)Cl.OCCBr. The van der Waals surface area contributed by atoms with Crippen molar-refractivity contribution in [3.05, 3.63) is 36.4 Å². The number of anilines is 2. The zero-order valence-corrected chi connectivity index (χ0v) is 21.5. The highest BCUT2D eigenvalue weighted by molar-refractivity contribution is 9.09. The maximum Gasteiger partial charge on any atom is 0.425 e. The number of ether oxygens (including phenoxy) is 1. The van der Waals surface area contributed by atoms with Crippen LogP contribution in [0.4, 0.5) is 25.5 Å². The number of rotatable bonds is 5. The zero-order chi connectivity index (χ0) is 27.8. The summed E-state index contributed by atoms with van der Waals surface area (Å²) in [6.07, 6.45) is 3.42. The number of nitrogens with zero attached hydrogens (tertiary/aromatic N) is 6. The number of amides is 1. The first kappa shape index (κ1) is 32.9. The number of aliphatic hydroxyl groups excluding tert-OH is 1. The maximum atomic E-state index is 12.5. The number of hydrogen-bond donors (Lipinski definition) is 3. The number of alkyl halides is 1. The number of carbonyl (C=O) groups excluding carboxylic acids is 2. The summed E-state index contributed by atoms with van der Waals surface area (Å²) in [6, 6.07) is 0. The molecule has 200 valence electrons. The highest BCUT2D eigenvalue weighted by Gasteiger charge is 2.34. The molecule has 1 saturated heterocycles. The fourth-order valence-electron chi connectivity index (χ4n) is 1.50. The molecule has 22 heteroatoms. The summed E-state index contributed by atoms with van der Waals surface area (Å²) in [4.78, 5) is 33.7. The van der Waals surface area contributed by atoms with E-state index < -0.39 is 37.2 Å². The Kier molecular flexibility index (Phi) is 15.1. The highest BCUT2D eigenvalue weighted by Crippen LogP contribution is 2.11. The van der Waals surface area contributed by atoms with Gasteiger partial charge in [-0.3, -0.25) is 0 Å². The minimum atomic E-state index is -4.11. The summed E-state index contributed by atoms with van der Waals surface area (Å²) >= 11 is 3.00. The third-order valence-electron chi connectivity index (χ3n) is 2.73. The highest BCUT2D eigenvalue weighted by atomic mass is 79.9. The lowest BCUT2D eigenvalue weighted by atomic mass is 10.6. The van der Waals surface area contributed by atoms with Crippen LogP contribution in [0.5, 0.6) is 0 Å². The standard InChI is InChI=1S/C7H7FN4O4S.C4H4FN3.C2H5BrO.CClNO3S/c8-5-3-9-6(10-4-5)11-17(14,15)12-1-2-16-7(12)13;5-3-1-7-4(6)8-2-3;3-1-2-4;2-7(5,6)3-1-4/h3-4H,1-2H2,(H,9,10,11);1-2H,(H2,6,7,8);4H,1-2H2;. The normalized spacial score (nSPS) is 12.2. The Bertz CT molecular complexity index is 1200. The van der Waals surface area contributed by atoms with Crippen LogP contribution >= 0.6 is 26.6 Å². The van der Waals surface area contributed by atoms with E-state index in [4.69, 9.17) is 15.6 Å². The van der Waals surface area contributed by atoms with E-state index in [0.29, 0.717) is 9.64 Å². The third kappa shape index (κ3) is 15.0. The first-order valence-electron chi connectivity index (χ1n) is 8.64. The van der Waals surface area contributed by atoms with Crippen LogP contribution in [0, 0.1) is 11.6 Å². The van der Waals surface area contributed by atoms with Crippen LogP contribution in [-0.4, -0.2) is 83.4 Å². The Hall–Kier alpha value is -3.10. The lowest BCUT2D eigenvalue weighted by Crippen LogP contribution is -2.36. The summed E-state index contributed by atoms with van der Waals surface area (Å²) in [5, 5.41) is 8.52. The van der Waals surface area contributed by atoms with Crippen molar-refractivity contribution in [3.63, 3.8) is 0 Å². The quantitative estimate of drug-likeness (QED) is 0.170. The van der Waals surface area contributed by atoms with Crippen molar-refractivity contribution in [1.29, 1.82) is 0 Å². The second-order valence-electron chi connectivity index (χ2n) is 5.29. The van der Waals surface area contributed by atoms with Gasteiger partial charge in [0.2, 0.25) is 11.9 Å². The average molecular weight is 642 g/mol. The van der Waals surface area contributed by atoms with E-state index in [9.17, 15) is 30.4 Å². The summed E-state index contributed by atoms with van der Waals surface area (Å²) < 4.78 is 75.9. The molecule has 36 heavy (non-hydrogen) atoms. The predicted molar refractivity (Wildman–Crippen MR) is 123 cm³/mol. The van der Waals surface area contributed by atoms with Gasteiger partial charge in [-0.05, 0) is 0 Å². The van der Waals surface area contributed by atoms with Gasteiger partial charge in [-0.2, -0.15) is 21.1 Å². The first-order chi connectivity index (χ1) is 16.8. The number of nitrogens with one attached hydrogen (secondary N) is 1. The molecule has 3 rings (SSSR count). The minimum absolute atomic E-state index is 0.00990. The molecule has 16 nitrogen and oxygen atoms in total. The van der Waals surface area contributed by atoms with E-state index in [-0.39, 0.29) is 31.7 Å². The van der Waals surface area contributed by atoms with Gasteiger partial charge in [0, 0.05) is 16.0 Å². The number of carbonyl (C=O) groups is 1. The number of aliphatic hydroxyl groups is 1. The molecule has 0 radical (unpaired) electrons. The molecule has 1 aliphatic heterocycles. The molecule has 0 unspecified atom stereocenters. The van der Waals surface area contributed by atoms with Crippen LogP contribution in [0.3, 0.4) is 0 Å². The van der Waals surface area contributed by atoms with Crippen LogP contribution in [0.1, 0.15) is 0 Å². The Balaban J connectivity index is 0.000000537. The fraction of sp³-hybridized carbons (Fsp3) is 0.286. The summed E-state index contributed by atoms with van der Waals surface area (Å²) in [5.74, 6) is -1.41. The van der Waals surface area contributed by atoms with Crippen LogP contribution in [0.25, 0.3) is 0 Å². The molecule has 0 bridgehead atoms. The van der Waals surface area contributed by atoms with Crippen molar-refractivity contribution >= 4 is 70.1 Å². The van der Waals surface area contributed by atoms with Gasteiger partial charge in [-0.1, -0.05) is 20.3 Å².